The van der Waals surface area contributed by atoms with Gasteiger partial charge in [0.05, 0.1) is 19.2 Å². The van der Waals surface area contributed by atoms with Crippen molar-refractivity contribution in [2.75, 3.05) is 20.2 Å². The van der Waals surface area contributed by atoms with Gasteiger partial charge in [-0.2, -0.15) is 0 Å². The van der Waals surface area contributed by atoms with Crippen molar-refractivity contribution in [1.82, 2.24) is 10.2 Å². The lowest BCUT2D eigenvalue weighted by Gasteiger charge is -2.31. The molecule has 1 amide bonds. The number of aliphatic hydroxyl groups is 1. The van der Waals surface area contributed by atoms with Gasteiger partial charge in [-0.25, -0.2) is 4.39 Å². The summed E-state index contributed by atoms with van der Waals surface area (Å²) in [5, 5.41) is 12.8. The Balaban J connectivity index is 1.92. The van der Waals surface area contributed by atoms with E-state index >= 15 is 0 Å². The highest BCUT2D eigenvalue weighted by Crippen LogP contribution is 2.29. The standard InChI is InChI=1S/C17H25FN2O2/c1-13(14-5-7-15(18)8-6-14)20(2)16(22)11-19-17(12-21)9-3-4-10-17/h5-8,13,19,21H,3-4,9-12H2,1-2H3. The maximum absolute atomic E-state index is 13.0. The van der Waals surface area contributed by atoms with Crippen molar-refractivity contribution in [1.29, 1.82) is 0 Å². The topological polar surface area (TPSA) is 52.6 Å². The highest BCUT2D eigenvalue weighted by Gasteiger charge is 2.33. The fourth-order valence-corrected chi connectivity index (χ4v) is 3.01. The van der Waals surface area contributed by atoms with Gasteiger partial charge >= 0.3 is 0 Å². The van der Waals surface area contributed by atoms with Crippen molar-refractivity contribution in [2.24, 2.45) is 0 Å². The second-order valence-corrected chi connectivity index (χ2v) is 6.23. The Labute approximate surface area is 131 Å². The molecule has 4 nitrogen and oxygen atoms in total. The number of aliphatic hydroxyl groups excluding tert-OH is 1. The molecule has 0 aliphatic heterocycles. The van der Waals surface area contributed by atoms with Gasteiger partial charge in [0.25, 0.3) is 0 Å². The maximum Gasteiger partial charge on any atom is 0.236 e. The van der Waals surface area contributed by atoms with Crippen molar-refractivity contribution in [3.8, 4) is 0 Å². The van der Waals surface area contributed by atoms with Crippen LogP contribution in [0.4, 0.5) is 4.39 Å². The normalized spacial score (nSPS) is 18.2. The lowest BCUT2D eigenvalue weighted by Crippen LogP contribution is -2.50. The molecular weight excluding hydrogens is 283 g/mol. The third-order valence-electron chi connectivity index (χ3n) is 4.80. The van der Waals surface area contributed by atoms with E-state index in [2.05, 4.69) is 5.32 Å². The fraction of sp³-hybridized carbons (Fsp3) is 0.588. The molecule has 2 N–H and O–H groups in total. The van der Waals surface area contributed by atoms with Gasteiger partial charge < -0.3 is 15.3 Å². The van der Waals surface area contributed by atoms with E-state index in [9.17, 15) is 14.3 Å². The molecule has 1 aliphatic rings. The summed E-state index contributed by atoms with van der Waals surface area (Å²) in [5.74, 6) is -0.311. The Hall–Kier alpha value is -1.46. The summed E-state index contributed by atoms with van der Waals surface area (Å²) < 4.78 is 13.0. The zero-order chi connectivity index (χ0) is 16.2. The molecular formula is C17H25FN2O2. The van der Waals surface area contributed by atoms with E-state index in [1.54, 1.807) is 24.1 Å². The number of carbonyl (C=O) groups excluding carboxylic acids is 1. The van der Waals surface area contributed by atoms with Crippen molar-refractivity contribution >= 4 is 5.91 Å². The first-order chi connectivity index (χ1) is 10.5. The number of halogens is 1. The summed E-state index contributed by atoms with van der Waals surface area (Å²) >= 11 is 0. The lowest BCUT2D eigenvalue weighted by atomic mass is 9.99. The summed E-state index contributed by atoms with van der Waals surface area (Å²) in [6, 6.07) is 6.08. The van der Waals surface area contributed by atoms with Crippen LogP contribution >= 0.6 is 0 Å². The Morgan fingerprint density at radius 3 is 2.50 bits per heavy atom. The van der Waals surface area contributed by atoms with Gasteiger partial charge in [0.2, 0.25) is 5.91 Å². The van der Waals surface area contributed by atoms with Crippen molar-refractivity contribution in [2.45, 2.75) is 44.2 Å². The molecule has 1 fully saturated rings. The first-order valence-electron chi connectivity index (χ1n) is 7.84. The minimum absolute atomic E-state index is 0.0310. The van der Waals surface area contributed by atoms with Crippen LogP contribution in [0.3, 0.4) is 0 Å². The van der Waals surface area contributed by atoms with E-state index in [0.717, 1.165) is 31.2 Å². The number of hydrogen-bond donors (Lipinski definition) is 2. The van der Waals surface area contributed by atoms with Gasteiger partial charge in [-0.1, -0.05) is 25.0 Å². The molecule has 1 saturated carbocycles. The molecule has 22 heavy (non-hydrogen) atoms. The monoisotopic (exact) mass is 308 g/mol. The largest absolute Gasteiger partial charge is 0.394 e. The first-order valence-corrected chi connectivity index (χ1v) is 7.84. The van der Waals surface area contributed by atoms with Crippen LogP contribution in [0.1, 0.15) is 44.2 Å². The second kappa shape index (κ2) is 7.20. The average Bonchev–Trinajstić information content (AvgIpc) is 3.01. The number of benzene rings is 1. The van der Waals surface area contributed by atoms with Gasteiger partial charge in [-0.3, -0.25) is 4.79 Å². The number of likely N-dealkylation sites (N-methyl/N-ethyl adjacent to an activating group) is 1. The molecule has 1 aromatic rings. The van der Waals surface area contributed by atoms with E-state index in [0.29, 0.717) is 0 Å². The number of nitrogens with one attached hydrogen (secondary N) is 1. The SMILES string of the molecule is CC(c1ccc(F)cc1)N(C)C(=O)CNC1(CO)CCCC1. The minimum atomic E-state index is -0.296. The van der Waals surface area contributed by atoms with Gasteiger partial charge in [-0.05, 0) is 37.5 Å². The maximum atomic E-state index is 13.0. The van der Waals surface area contributed by atoms with E-state index in [-0.39, 0.29) is 36.5 Å². The first kappa shape index (κ1) is 16.9. The van der Waals surface area contributed by atoms with Crippen LogP contribution < -0.4 is 5.32 Å². The molecule has 0 spiro atoms. The molecule has 0 bridgehead atoms. The second-order valence-electron chi connectivity index (χ2n) is 6.23. The van der Waals surface area contributed by atoms with E-state index in [1.807, 2.05) is 6.92 Å². The van der Waals surface area contributed by atoms with E-state index in [1.165, 1.54) is 12.1 Å². The average molecular weight is 308 g/mol. The number of rotatable bonds is 6. The molecule has 1 unspecified atom stereocenters. The van der Waals surface area contributed by atoms with Crippen molar-refractivity contribution in [3.05, 3.63) is 35.6 Å². The number of carbonyl (C=O) groups is 1. The predicted molar refractivity (Wildman–Crippen MR) is 83.9 cm³/mol. The summed E-state index contributed by atoms with van der Waals surface area (Å²) in [4.78, 5) is 14.0. The smallest absolute Gasteiger partial charge is 0.236 e. The molecule has 1 atom stereocenters. The van der Waals surface area contributed by atoms with E-state index < -0.39 is 0 Å². The molecule has 2 rings (SSSR count). The fourth-order valence-electron chi connectivity index (χ4n) is 3.01. The Bertz CT molecular complexity index is 498. The quantitative estimate of drug-likeness (QED) is 0.847. The molecule has 1 aliphatic carbocycles. The van der Waals surface area contributed by atoms with Crippen LogP contribution in [0.5, 0.6) is 0 Å². The highest BCUT2D eigenvalue weighted by atomic mass is 19.1. The van der Waals surface area contributed by atoms with Gasteiger partial charge in [0.15, 0.2) is 0 Å². The van der Waals surface area contributed by atoms with Gasteiger partial charge in [0, 0.05) is 12.6 Å². The Morgan fingerprint density at radius 1 is 1.36 bits per heavy atom. The summed E-state index contributed by atoms with van der Waals surface area (Å²) in [6.45, 7) is 2.20. The lowest BCUT2D eigenvalue weighted by molar-refractivity contribution is -0.131. The van der Waals surface area contributed by atoms with Crippen LogP contribution in [0, 0.1) is 5.82 Å². The number of nitrogens with zero attached hydrogens (tertiary/aromatic N) is 1. The van der Waals surface area contributed by atoms with Crippen LogP contribution in [-0.2, 0) is 4.79 Å². The number of amides is 1. The van der Waals surface area contributed by atoms with Gasteiger partial charge in [0.1, 0.15) is 5.82 Å². The van der Waals surface area contributed by atoms with Crippen molar-refractivity contribution in [3.63, 3.8) is 0 Å². The van der Waals surface area contributed by atoms with E-state index in [4.69, 9.17) is 0 Å². The molecule has 0 saturated heterocycles. The third kappa shape index (κ3) is 3.84. The third-order valence-corrected chi connectivity index (χ3v) is 4.80. The molecule has 0 heterocycles. The summed E-state index contributed by atoms with van der Waals surface area (Å²) in [5.41, 5.74) is 0.602. The van der Waals surface area contributed by atoms with Crippen LogP contribution in [0.2, 0.25) is 0 Å². The molecule has 0 aromatic heterocycles. The zero-order valence-corrected chi connectivity index (χ0v) is 13.3. The minimum Gasteiger partial charge on any atom is -0.394 e. The van der Waals surface area contributed by atoms with Gasteiger partial charge in [-0.15, -0.1) is 0 Å². The summed E-state index contributed by atoms with van der Waals surface area (Å²) in [7, 11) is 1.75. The van der Waals surface area contributed by atoms with Crippen LogP contribution in [0.25, 0.3) is 0 Å². The van der Waals surface area contributed by atoms with Crippen LogP contribution in [0.15, 0.2) is 24.3 Å². The van der Waals surface area contributed by atoms with Crippen LogP contribution in [-0.4, -0.2) is 41.7 Å². The Kier molecular flexibility index (Phi) is 5.53. The Morgan fingerprint density at radius 2 is 1.95 bits per heavy atom. The summed E-state index contributed by atoms with van der Waals surface area (Å²) in [6.07, 6.45) is 4.00. The molecule has 0 radical (unpaired) electrons. The highest BCUT2D eigenvalue weighted by molar-refractivity contribution is 5.78. The predicted octanol–water partition coefficient (Wildman–Crippen LogP) is 2.24. The molecule has 1 aromatic carbocycles. The molecule has 122 valence electrons. The van der Waals surface area contributed by atoms with Crippen molar-refractivity contribution < 1.29 is 14.3 Å². The number of hydrogen-bond acceptors (Lipinski definition) is 3. The molecule has 5 heteroatoms. The zero-order valence-electron chi connectivity index (χ0n) is 13.3.